The van der Waals surface area contributed by atoms with Gasteiger partial charge in [-0.15, -0.1) is 0 Å². The Balaban J connectivity index is 1.91. The lowest BCUT2D eigenvalue weighted by molar-refractivity contribution is -0.132. The molecule has 1 aliphatic carbocycles. The van der Waals surface area contributed by atoms with Crippen molar-refractivity contribution < 1.29 is 9.32 Å². The molecule has 0 bridgehead atoms. The van der Waals surface area contributed by atoms with E-state index in [4.69, 9.17) is 4.52 Å². The molecule has 0 spiro atoms. The Morgan fingerprint density at radius 1 is 1.38 bits per heavy atom. The molecule has 1 fully saturated rings. The predicted octanol–water partition coefficient (Wildman–Crippen LogP) is 2.12. The fourth-order valence-electron chi connectivity index (χ4n) is 2.69. The van der Waals surface area contributed by atoms with Crippen LogP contribution in [0.1, 0.15) is 24.7 Å². The summed E-state index contributed by atoms with van der Waals surface area (Å²) in [4.78, 5) is 25.0. The van der Waals surface area contributed by atoms with E-state index in [1.54, 1.807) is 11.1 Å². The molecule has 0 radical (unpaired) electrons. The second kappa shape index (κ2) is 6.22. The van der Waals surface area contributed by atoms with Crippen LogP contribution in [0.2, 0.25) is 0 Å². The van der Waals surface area contributed by atoms with Gasteiger partial charge in [0.2, 0.25) is 11.9 Å². The van der Waals surface area contributed by atoms with Gasteiger partial charge in [-0.3, -0.25) is 4.79 Å². The quantitative estimate of drug-likeness (QED) is 0.836. The van der Waals surface area contributed by atoms with Gasteiger partial charge in [-0.05, 0) is 19.3 Å². The van der Waals surface area contributed by atoms with Crippen molar-refractivity contribution in [2.24, 2.45) is 11.8 Å². The monoisotopic (exact) mass is 329 g/mol. The molecule has 0 aliphatic heterocycles. The average molecular weight is 329 g/mol. The molecule has 0 saturated heterocycles. The van der Waals surface area contributed by atoms with Gasteiger partial charge in [0.15, 0.2) is 5.76 Å². The van der Waals surface area contributed by atoms with E-state index in [0.717, 1.165) is 23.4 Å². The lowest BCUT2D eigenvalue weighted by Gasteiger charge is -2.19. The number of aromatic nitrogens is 3. The Hall–Kier alpha value is -2.44. The van der Waals surface area contributed by atoms with Crippen LogP contribution in [0.15, 0.2) is 16.8 Å². The van der Waals surface area contributed by atoms with E-state index in [-0.39, 0.29) is 11.8 Å². The maximum absolute atomic E-state index is 12.4. The van der Waals surface area contributed by atoms with Crippen molar-refractivity contribution in [3.63, 3.8) is 0 Å². The van der Waals surface area contributed by atoms with E-state index in [1.807, 2.05) is 39.0 Å². The van der Waals surface area contributed by atoms with Gasteiger partial charge in [-0.1, -0.05) is 12.1 Å². The highest BCUT2D eigenvalue weighted by molar-refractivity contribution is 5.81. The number of rotatable bonds is 5. The number of amides is 1. The topological polar surface area (TPSA) is 75.4 Å². The summed E-state index contributed by atoms with van der Waals surface area (Å²) >= 11 is 0. The first-order valence-electron chi connectivity index (χ1n) is 8.08. The van der Waals surface area contributed by atoms with Gasteiger partial charge in [0.05, 0.1) is 23.5 Å². The van der Waals surface area contributed by atoms with Gasteiger partial charge in [0.1, 0.15) is 0 Å². The number of carbonyl (C=O) groups excluding carboxylic acids is 1. The second-order valence-corrected chi connectivity index (χ2v) is 6.77. The maximum Gasteiger partial charge on any atom is 0.226 e. The standard InChI is InChI=1S/C17H23N5O2/c1-10-6-12(10)16(23)22(5)9-14-13(15-7-11(2)20-24-15)8-18-17(19-14)21(3)4/h7-8,10,12H,6,9H2,1-5H3/t10-,12-/m0/s1. The number of hydrogen-bond acceptors (Lipinski definition) is 6. The first-order valence-corrected chi connectivity index (χ1v) is 8.08. The molecule has 3 rings (SSSR count). The van der Waals surface area contributed by atoms with Gasteiger partial charge >= 0.3 is 0 Å². The Morgan fingerprint density at radius 3 is 2.62 bits per heavy atom. The van der Waals surface area contributed by atoms with Crippen molar-refractivity contribution in [2.45, 2.75) is 26.8 Å². The third kappa shape index (κ3) is 3.25. The van der Waals surface area contributed by atoms with E-state index in [0.29, 0.717) is 24.2 Å². The Labute approximate surface area is 141 Å². The minimum absolute atomic E-state index is 0.154. The number of hydrogen-bond donors (Lipinski definition) is 0. The number of carbonyl (C=O) groups is 1. The van der Waals surface area contributed by atoms with Crippen molar-refractivity contribution in [3.8, 4) is 11.3 Å². The summed E-state index contributed by atoms with van der Waals surface area (Å²) in [5.41, 5.74) is 2.32. The van der Waals surface area contributed by atoms with Crippen LogP contribution in [-0.4, -0.2) is 47.1 Å². The van der Waals surface area contributed by atoms with Gasteiger partial charge < -0.3 is 14.3 Å². The minimum atomic E-state index is 0.154. The van der Waals surface area contributed by atoms with Gasteiger partial charge in [0, 0.05) is 39.3 Å². The van der Waals surface area contributed by atoms with E-state index in [1.165, 1.54) is 0 Å². The van der Waals surface area contributed by atoms with Crippen molar-refractivity contribution in [3.05, 3.63) is 23.7 Å². The molecular weight excluding hydrogens is 306 g/mol. The first kappa shape index (κ1) is 16.4. The number of anilines is 1. The zero-order chi connectivity index (χ0) is 17.4. The highest BCUT2D eigenvalue weighted by atomic mass is 16.5. The van der Waals surface area contributed by atoms with Crippen molar-refractivity contribution >= 4 is 11.9 Å². The van der Waals surface area contributed by atoms with Gasteiger partial charge in [-0.2, -0.15) is 0 Å². The largest absolute Gasteiger partial charge is 0.356 e. The highest BCUT2D eigenvalue weighted by Gasteiger charge is 2.40. The third-order valence-corrected chi connectivity index (χ3v) is 4.34. The molecule has 2 atom stereocenters. The number of aryl methyl sites for hydroxylation is 1. The number of nitrogens with zero attached hydrogens (tertiary/aromatic N) is 5. The zero-order valence-electron chi connectivity index (χ0n) is 14.8. The Kier molecular flexibility index (Phi) is 4.26. The van der Waals surface area contributed by atoms with Crippen LogP contribution in [-0.2, 0) is 11.3 Å². The summed E-state index contributed by atoms with van der Waals surface area (Å²) in [7, 11) is 5.59. The van der Waals surface area contributed by atoms with E-state index in [9.17, 15) is 4.79 Å². The molecule has 2 aromatic heterocycles. The molecule has 1 amide bonds. The molecule has 0 aromatic carbocycles. The molecule has 0 unspecified atom stereocenters. The summed E-state index contributed by atoms with van der Waals surface area (Å²) in [5, 5.41) is 3.93. The predicted molar refractivity (Wildman–Crippen MR) is 90.3 cm³/mol. The van der Waals surface area contributed by atoms with Crippen LogP contribution >= 0.6 is 0 Å². The second-order valence-electron chi connectivity index (χ2n) is 6.77. The Bertz CT molecular complexity index is 755. The lowest BCUT2D eigenvalue weighted by atomic mass is 10.1. The minimum Gasteiger partial charge on any atom is -0.356 e. The zero-order valence-corrected chi connectivity index (χ0v) is 14.8. The highest BCUT2D eigenvalue weighted by Crippen LogP contribution is 2.39. The van der Waals surface area contributed by atoms with Crippen LogP contribution in [0.5, 0.6) is 0 Å². The van der Waals surface area contributed by atoms with Crippen molar-refractivity contribution in [2.75, 3.05) is 26.0 Å². The van der Waals surface area contributed by atoms with E-state index >= 15 is 0 Å². The Morgan fingerprint density at radius 2 is 2.08 bits per heavy atom. The summed E-state index contributed by atoms with van der Waals surface area (Å²) in [6.07, 6.45) is 2.71. The molecule has 24 heavy (non-hydrogen) atoms. The molecule has 7 heteroatoms. The van der Waals surface area contributed by atoms with Gasteiger partial charge in [0.25, 0.3) is 0 Å². The van der Waals surface area contributed by atoms with E-state index in [2.05, 4.69) is 22.0 Å². The molecule has 0 N–H and O–H groups in total. The fraction of sp³-hybridized carbons (Fsp3) is 0.529. The lowest BCUT2D eigenvalue weighted by Crippen LogP contribution is -2.29. The smallest absolute Gasteiger partial charge is 0.226 e. The molecule has 128 valence electrons. The van der Waals surface area contributed by atoms with Gasteiger partial charge in [-0.25, -0.2) is 9.97 Å². The fourth-order valence-corrected chi connectivity index (χ4v) is 2.69. The van der Waals surface area contributed by atoms with Crippen molar-refractivity contribution in [1.82, 2.24) is 20.0 Å². The van der Waals surface area contributed by atoms with Crippen LogP contribution in [0.4, 0.5) is 5.95 Å². The molecule has 2 heterocycles. The summed E-state index contributed by atoms with van der Waals surface area (Å²) in [6.45, 7) is 4.39. The van der Waals surface area contributed by atoms with Crippen LogP contribution < -0.4 is 4.90 Å². The third-order valence-electron chi connectivity index (χ3n) is 4.34. The maximum atomic E-state index is 12.4. The van der Waals surface area contributed by atoms with E-state index < -0.39 is 0 Å². The summed E-state index contributed by atoms with van der Waals surface area (Å²) < 4.78 is 5.36. The molecule has 7 nitrogen and oxygen atoms in total. The normalized spacial score (nSPS) is 19.2. The molecular formula is C17H23N5O2. The molecule has 2 aromatic rings. The molecule has 1 saturated carbocycles. The SMILES string of the molecule is Cc1cc(-c2cnc(N(C)C)nc2CN(C)C(=O)[C@H]2C[C@@H]2C)on1. The molecule has 1 aliphatic rings. The summed E-state index contributed by atoms with van der Waals surface area (Å²) in [6, 6.07) is 1.85. The first-order chi connectivity index (χ1) is 11.4. The van der Waals surface area contributed by atoms with Crippen molar-refractivity contribution in [1.29, 1.82) is 0 Å². The van der Waals surface area contributed by atoms with Crippen LogP contribution in [0, 0.1) is 18.8 Å². The average Bonchev–Trinajstić information content (AvgIpc) is 3.11. The van der Waals surface area contributed by atoms with Crippen LogP contribution in [0.3, 0.4) is 0 Å². The van der Waals surface area contributed by atoms with Crippen LogP contribution in [0.25, 0.3) is 11.3 Å². The summed E-state index contributed by atoms with van der Waals surface area (Å²) in [5.74, 6) is 2.03.